The molecule has 0 bridgehead atoms. The van der Waals surface area contributed by atoms with Crippen molar-refractivity contribution in [1.29, 1.82) is 0 Å². The summed E-state index contributed by atoms with van der Waals surface area (Å²) in [6, 6.07) is 7.52. The van der Waals surface area contributed by atoms with Crippen LogP contribution in [0.3, 0.4) is 0 Å². The lowest BCUT2D eigenvalue weighted by atomic mass is 10.1. The number of amides is 1. The van der Waals surface area contributed by atoms with Crippen LogP contribution in [0.25, 0.3) is 0 Å². The van der Waals surface area contributed by atoms with Gasteiger partial charge in [0.05, 0.1) is 14.2 Å². The summed E-state index contributed by atoms with van der Waals surface area (Å²) in [6.07, 6.45) is 0.142. The number of hydrogen-bond acceptors (Lipinski definition) is 7. The Morgan fingerprint density at radius 2 is 1.62 bits per heavy atom. The maximum Gasteiger partial charge on any atom is 0.365 e. The first-order valence-electron chi connectivity index (χ1n) is 8.85. The Kier molecular flexibility index (Phi) is 13.0. The van der Waals surface area contributed by atoms with Crippen molar-refractivity contribution in [3.8, 4) is 0 Å². The van der Waals surface area contributed by atoms with Gasteiger partial charge in [0.1, 0.15) is 12.6 Å². The Hall–Kier alpha value is -2.65. The third-order valence-electron chi connectivity index (χ3n) is 3.96. The van der Waals surface area contributed by atoms with Crippen LogP contribution in [0.2, 0.25) is 0 Å². The predicted octanol–water partition coefficient (Wildman–Crippen LogP) is -3.26. The van der Waals surface area contributed by atoms with Crippen molar-refractivity contribution in [2.45, 2.75) is 44.4 Å². The number of esters is 3. The molecule has 0 spiro atoms. The van der Waals surface area contributed by atoms with Crippen LogP contribution in [0.4, 0.5) is 0 Å². The fourth-order valence-electron chi connectivity index (χ4n) is 2.29. The Morgan fingerprint density at radius 1 is 0.966 bits per heavy atom. The first kappa shape index (κ1) is 26.4. The lowest BCUT2D eigenvalue weighted by Gasteiger charge is -2.16. The van der Waals surface area contributed by atoms with Gasteiger partial charge in [0, 0.05) is 19.3 Å². The van der Waals surface area contributed by atoms with E-state index in [0.717, 1.165) is 5.56 Å². The summed E-state index contributed by atoms with van der Waals surface area (Å²) in [5, 5.41) is 2.50. The number of halogens is 1. The highest BCUT2D eigenvalue weighted by Crippen LogP contribution is 2.05. The average Bonchev–Trinajstić information content (AvgIpc) is 2.72. The van der Waals surface area contributed by atoms with Crippen LogP contribution < -0.4 is 23.5 Å². The highest BCUT2D eigenvalue weighted by molar-refractivity contribution is 5.85. The topological polar surface area (TPSA) is 136 Å². The van der Waals surface area contributed by atoms with Gasteiger partial charge in [-0.2, -0.15) is 0 Å². The van der Waals surface area contributed by atoms with Gasteiger partial charge in [0.25, 0.3) is 0 Å². The molecule has 1 rings (SSSR count). The van der Waals surface area contributed by atoms with E-state index in [4.69, 9.17) is 4.74 Å². The molecule has 0 unspecified atom stereocenters. The molecule has 0 saturated heterocycles. The Balaban J connectivity index is 0.00000784. The molecule has 9 nitrogen and oxygen atoms in total. The summed E-state index contributed by atoms with van der Waals surface area (Å²) in [6.45, 7) is 0.135. The number of hydrogen-bond donors (Lipinski definition) is 2. The predicted molar refractivity (Wildman–Crippen MR) is 97.3 cm³/mol. The standard InChI is InChI=1S/C19H26N2O7.ClH/c1-26-17(23)11-9-15(19(25)27-2)21-16(22)10-8-14(20)18(24)28-12-13-6-4-3-5-7-13;/h3-7,14-15H,8-12,20H2,1-2H3,(H,21,22);1H/t14-,15-;/m0./s1. The molecule has 1 aromatic rings. The monoisotopic (exact) mass is 430 g/mol. The SMILES string of the molecule is COC(=O)CC[C@H](NC(=O)CC[C@H]([NH3+])C(=O)OCc1ccccc1)C(=O)OC.[Cl-]. The molecule has 0 aliphatic heterocycles. The summed E-state index contributed by atoms with van der Waals surface area (Å²) in [5.41, 5.74) is 4.57. The van der Waals surface area contributed by atoms with E-state index < -0.39 is 35.9 Å². The molecule has 162 valence electrons. The second-order valence-corrected chi connectivity index (χ2v) is 6.09. The first-order chi connectivity index (χ1) is 13.4. The Bertz CT molecular complexity index is 670. The number of carbonyl (C=O) groups excluding carboxylic acids is 4. The highest BCUT2D eigenvalue weighted by Gasteiger charge is 2.25. The lowest BCUT2D eigenvalue weighted by Crippen LogP contribution is -3.00. The van der Waals surface area contributed by atoms with Crippen LogP contribution in [0, 0.1) is 0 Å². The molecule has 0 aliphatic carbocycles. The van der Waals surface area contributed by atoms with Crippen LogP contribution >= 0.6 is 0 Å². The maximum absolute atomic E-state index is 12.1. The first-order valence-corrected chi connectivity index (χ1v) is 8.85. The normalized spacial score (nSPS) is 12.0. The number of rotatable bonds is 11. The van der Waals surface area contributed by atoms with Gasteiger partial charge in [-0.1, -0.05) is 30.3 Å². The molecule has 0 aliphatic rings. The van der Waals surface area contributed by atoms with E-state index >= 15 is 0 Å². The van der Waals surface area contributed by atoms with Gasteiger partial charge in [0.2, 0.25) is 5.91 Å². The average molecular weight is 431 g/mol. The van der Waals surface area contributed by atoms with Crippen molar-refractivity contribution >= 4 is 23.8 Å². The highest BCUT2D eigenvalue weighted by atomic mass is 35.5. The second kappa shape index (κ2) is 14.4. The van der Waals surface area contributed by atoms with Crippen molar-refractivity contribution in [3.05, 3.63) is 35.9 Å². The van der Waals surface area contributed by atoms with Crippen LogP contribution in [0.5, 0.6) is 0 Å². The summed E-state index contributed by atoms with van der Waals surface area (Å²) < 4.78 is 14.3. The van der Waals surface area contributed by atoms with E-state index in [2.05, 4.69) is 20.5 Å². The third kappa shape index (κ3) is 10.5. The minimum atomic E-state index is -0.968. The van der Waals surface area contributed by atoms with Crippen molar-refractivity contribution < 1.29 is 51.5 Å². The van der Waals surface area contributed by atoms with E-state index in [1.165, 1.54) is 14.2 Å². The van der Waals surface area contributed by atoms with Gasteiger partial charge in [-0.3, -0.25) is 9.59 Å². The van der Waals surface area contributed by atoms with Crippen LogP contribution in [0.15, 0.2) is 30.3 Å². The number of carbonyl (C=O) groups is 4. The largest absolute Gasteiger partial charge is 1.00 e. The number of quaternary nitrogens is 1. The Morgan fingerprint density at radius 3 is 2.21 bits per heavy atom. The molecule has 0 saturated carbocycles. The van der Waals surface area contributed by atoms with Crippen molar-refractivity contribution in [2.24, 2.45) is 0 Å². The van der Waals surface area contributed by atoms with Gasteiger partial charge in [0.15, 0.2) is 6.04 Å². The van der Waals surface area contributed by atoms with E-state index in [0.29, 0.717) is 0 Å². The van der Waals surface area contributed by atoms with Crippen molar-refractivity contribution in [2.75, 3.05) is 14.2 Å². The lowest BCUT2D eigenvalue weighted by molar-refractivity contribution is -0.409. The zero-order valence-corrected chi connectivity index (χ0v) is 17.3. The molecule has 2 atom stereocenters. The fourth-order valence-corrected chi connectivity index (χ4v) is 2.29. The number of methoxy groups -OCH3 is 2. The minimum absolute atomic E-state index is 0. The summed E-state index contributed by atoms with van der Waals surface area (Å²) in [5.74, 6) is -2.12. The molecule has 0 heterocycles. The molecule has 0 aromatic heterocycles. The maximum atomic E-state index is 12.1. The zero-order valence-electron chi connectivity index (χ0n) is 16.5. The second-order valence-electron chi connectivity index (χ2n) is 6.09. The molecule has 0 fully saturated rings. The van der Waals surface area contributed by atoms with Gasteiger partial charge in [-0.05, 0) is 12.0 Å². The molecule has 4 N–H and O–H groups in total. The molecule has 0 radical (unpaired) electrons. The van der Waals surface area contributed by atoms with Crippen LogP contribution in [-0.4, -0.2) is 50.1 Å². The van der Waals surface area contributed by atoms with Gasteiger partial charge >= 0.3 is 17.9 Å². The van der Waals surface area contributed by atoms with E-state index in [-0.39, 0.29) is 44.7 Å². The molecular weight excluding hydrogens is 404 g/mol. The zero-order chi connectivity index (χ0) is 20.9. The minimum Gasteiger partial charge on any atom is -1.00 e. The fraction of sp³-hybridized carbons (Fsp3) is 0.474. The van der Waals surface area contributed by atoms with Crippen LogP contribution in [-0.2, 0) is 40.0 Å². The van der Waals surface area contributed by atoms with Gasteiger partial charge in [-0.15, -0.1) is 0 Å². The smallest absolute Gasteiger partial charge is 0.365 e. The van der Waals surface area contributed by atoms with Gasteiger partial charge < -0.3 is 37.7 Å². The van der Waals surface area contributed by atoms with Crippen molar-refractivity contribution in [1.82, 2.24) is 5.32 Å². The van der Waals surface area contributed by atoms with Gasteiger partial charge in [-0.25, -0.2) is 9.59 Å². The molecule has 29 heavy (non-hydrogen) atoms. The third-order valence-corrected chi connectivity index (χ3v) is 3.96. The molecule has 10 heteroatoms. The van der Waals surface area contributed by atoms with Crippen LogP contribution in [0.1, 0.15) is 31.2 Å². The quantitative estimate of drug-likeness (QED) is 0.278. The summed E-state index contributed by atoms with van der Waals surface area (Å²) in [4.78, 5) is 47.0. The van der Waals surface area contributed by atoms with E-state index in [1.54, 1.807) is 0 Å². The number of nitrogens with one attached hydrogen (secondary N) is 1. The molecule has 1 amide bonds. The van der Waals surface area contributed by atoms with E-state index in [9.17, 15) is 19.2 Å². The number of benzene rings is 1. The summed E-state index contributed by atoms with van der Waals surface area (Å²) in [7, 11) is 2.42. The molecular formula is C19H27ClN2O7. The van der Waals surface area contributed by atoms with E-state index in [1.807, 2.05) is 30.3 Å². The number of ether oxygens (including phenoxy) is 3. The Labute approximate surface area is 175 Å². The molecule has 1 aromatic carbocycles. The summed E-state index contributed by atoms with van der Waals surface area (Å²) >= 11 is 0. The van der Waals surface area contributed by atoms with Crippen molar-refractivity contribution in [3.63, 3.8) is 0 Å².